The zero-order valence-electron chi connectivity index (χ0n) is 14.9. The molecule has 3 aromatic rings. The molecule has 0 atom stereocenters. The molecule has 1 aromatic heterocycles. The van der Waals surface area contributed by atoms with Gasteiger partial charge in [-0.05, 0) is 43.3 Å². The Labute approximate surface area is 160 Å². The minimum Gasteiger partial charge on any atom is -0.454 e. The Hall–Kier alpha value is -3.94. The second kappa shape index (κ2) is 7.36. The van der Waals surface area contributed by atoms with Crippen molar-refractivity contribution < 1.29 is 19.1 Å². The van der Waals surface area contributed by atoms with Crippen molar-refractivity contribution >= 4 is 28.9 Å². The van der Waals surface area contributed by atoms with Crippen molar-refractivity contribution in [2.24, 2.45) is 0 Å². The molecule has 2 aromatic carbocycles. The highest BCUT2D eigenvalue weighted by molar-refractivity contribution is 6.03. The predicted octanol–water partition coefficient (Wildman–Crippen LogP) is 3.40. The lowest BCUT2D eigenvalue weighted by Crippen LogP contribution is -2.14. The van der Waals surface area contributed by atoms with E-state index in [1.807, 2.05) is 6.07 Å². The molecule has 0 bridgehead atoms. The highest BCUT2D eigenvalue weighted by Crippen LogP contribution is 2.34. The summed E-state index contributed by atoms with van der Waals surface area (Å²) in [5.41, 5.74) is 2.04. The number of nitrogens with zero attached hydrogens (tertiary/aromatic N) is 2. The number of aromatic nitrogens is 2. The zero-order chi connectivity index (χ0) is 19.5. The molecule has 8 nitrogen and oxygen atoms in total. The summed E-state index contributed by atoms with van der Waals surface area (Å²) in [6, 6.07) is 15.4. The molecular weight excluding hydrogens is 360 g/mol. The van der Waals surface area contributed by atoms with E-state index in [0.29, 0.717) is 34.3 Å². The van der Waals surface area contributed by atoms with E-state index in [-0.39, 0.29) is 18.3 Å². The number of ketones is 1. The zero-order valence-corrected chi connectivity index (χ0v) is 14.9. The van der Waals surface area contributed by atoms with Gasteiger partial charge in [-0.2, -0.15) is 0 Å². The van der Waals surface area contributed by atoms with Gasteiger partial charge in [0.25, 0.3) is 5.91 Å². The number of hydrogen-bond acceptors (Lipinski definition) is 7. The first-order chi connectivity index (χ1) is 13.6. The molecule has 0 saturated carbocycles. The highest BCUT2D eigenvalue weighted by atomic mass is 16.7. The van der Waals surface area contributed by atoms with Crippen LogP contribution in [0.4, 0.5) is 17.2 Å². The van der Waals surface area contributed by atoms with Crippen LogP contribution in [0.3, 0.4) is 0 Å². The fraction of sp³-hybridized carbons (Fsp3) is 0.100. The molecule has 28 heavy (non-hydrogen) atoms. The summed E-state index contributed by atoms with van der Waals surface area (Å²) in [7, 11) is 0. The lowest BCUT2D eigenvalue weighted by atomic mass is 10.1. The van der Waals surface area contributed by atoms with E-state index >= 15 is 0 Å². The van der Waals surface area contributed by atoms with E-state index in [4.69, 9.17) is 9.47 Å². The minimum atomic E-state index is -0.392. The lowest BCUT2D eigenvalue weighted by Gasteiger charge is -2.08. The summed E-state index contributed by atoms with van der Waals surface area (Å²) in [5.74, 6) is 1.26. The van der Waals surface area contributed by atoms with E-state index < -0.39 is 5.91 Å². The maximum atomic E-state index is 12.4. The average molecular weight is 376 g/mol. The smallest absolute Gasteiger partial charge is 0.276 e. The van der Waals surface area contributed by atoms with E-state index in [2.05, 4.69) is 20.8 Å². The van der Waals surface area contributed by atoms with Gasteiger partial charge >= 0.3 is 0 Å². The molecule has 1 aliphatic rings. The van der Waals surface area contributed by atoms with Gasteiger partial charge in [0.05, 0.1) is 0 Å². The van der Waals surface area contributed by atoms with Crippen LogP contribution in [0.2, 0.25) is 0 Å². The molecule has 0 fully saturated rings. The fourth-order valence-electron chi connectivity index (χ4n) is 2.65. The van der Waals surface area contributed by atoms with E-state index in [1.165, 1.54) is 6.92 Å². The first-order valence-electron chi connectivity index (χ1n) is 8.51. The first-order valence-corrected chi connectivity index (χ1v) is 8.51. The highest BCUT2D eigenvalue weighted by Gasteiger charge is 2.15. The molecule has 0 aliphatic carbocycles. The topological polar surface area (TPSA) is 102 Å². The van der Waals surface area contributed by atoms with Crippen molar-refractivity contribution in [2.45, 2.75) is 6.92 Å². The normalized spacial score (nSPS) is 11.8. The summed E-state index contributed by atoms with van der Waals surface area (Å²) >= 11 is 0. The van der Waals surface area contributed by atoms with Crippen molar-refractivity contribution in [1.82, 2.24) is 10.2 Å². The lowest BCUT2D eigenvalue weighted by molar-refractivity contribution is 0.101. The molecule has 4 rings (SSSR count). The molecule has 0 unspecified atom stereocenters. The number of rotatable bonds is 5. The van der Waals surface area contributed by atoms with Crippen LogP contribution >= 0.6 is 0 Å². The van der Waals surface area contributed by atoms with E-state index in [1.54, 1.807) is 48.5 Å². The second-order valence-corrected chi connectivity index (χ2v) is 6.09. The molecule has 2 N–H and O–H groups in total. The Morgan fingerprint density at radius 2 is 1.79 bits per heavy atom. The molecule has 0 saturated heterocycles. The van der Waals surface area contributed by atoms with Crippen molar-refractivity contribution in [3.05, 3.63) is 65.9 Å². The Morgan fingerprint density at radius 1 is 0.929 bits per heavy atom. The number of ether oxygens (including phenoxy) is 2. The van der Waals surface area contributed by atoms with E-state index in [0.717, 1.165) is 0 Å². The van der Waals surface area contributed by atoms with Gasteiger partial charge in [-0.3, -0.25) is 9.59 Å². The standard InChI is InChI=1S/C20H16N4O4/c1-12(25)13-3-2-4-14(9-13)21-19-8-6-16(23-24-19)20(26)22-15-5-7-17-18(10-15)28-11-27-17/h2-10H,11H2,1H3,(H,21,24)(H,22,26). The molecule has 1 aliphatic heterocycles. The molecule has 1 amide bonds. The third-order valence-corrected chi connectivity index (χ3v) is 4.07. The number of hydrogen-bond donors (Lipinski definition) is 2. The van der Waals surface area contributed by atoms with Crippen molar-refractivity contribution in [1.29, 1.82) is 0 Å². The summed E-state index contributed by atoms with van der Waals surface area (Å²) in [6.45, 7) is 1.68. The number of fused-ring (bicyclic) bond motifs is 1. The van der Waals surface area contributed by atoms with Gasteiger partial charge in [0.2, 0.25) is 6.79 Å². The Kier molecular flexibility index (Phi) is 4.59. The van der Waals surface area contributed by atoms with Crippen LogP contribution in [-0.4, -0.2) is 28.7 Å². The van der Waals surface area contributed by atoms with Crippen LogP contribution in [0.15, 0.2) is 54.6 Å². The predicted molar refractivity (Wildman–Crippen MR) is 102 cm³/mol. The second-order valence-electron chi connectivity index (χ2n) is 6.09. The van der Waals surface area contributed by atoms with Crippen LogP contribution in [0, 0.1) is 0 Å². The molecule has 2 heterocycles. The molecule has 140 valence electrons. The van der Waals surface area contributed by atoms with Gasteiger partial charge in [0.1, 0.15) is 0 Å². The molecular formula is C20H16N4O4. The number of carbonyl (C=O) groups is 2. The summed E-state index contributed by atoms with van der Waals surface area (Å²) in [5, 5.41) is 13.8. The van der Waals surface area contributed by atoms with Crippen LogP contribution in [0.25, 0.3) is 0 Å². The number of benzene rings is 2. The van der Waals surface area contributed by atoms with E-state index in [9.17, 15) is 9.59 Å². The van der Waals surface area contributed by atoms with Crippen LogP contribution in [0.1, 0.15) is 27.8 Å². The van der Waals surface area contributed by atoms with Crippen LogP contribution in [-0.2, 0) is 0 Å². The summed E-state index contributed by atoms with van der Waals surface area (Å²) in [4.78, 5) is 23.8. The van der Waals surface area contributed by atoms with Crippen molar-refractivity contribution in [2.75, 3.05) is 17.4 Å². The van der Waals surface area contributed by atoms with Gasteiger partial charge in [-0.15, -0.1) is 10.2 Å². The molecule has 0 radical (unpaired) electrons. The fourth-order valence-corrected chi connectivity index (χ4v) is 2.65. The summed E-state index contributed by atoms with van der Waals surface area (Å²) < 4.78 is 10.5. The maximum absolute atomic E-state index is 12.4. The number of carbonyl (C=O) groups excluding carboxylic acids is 2. The third kappa shape index (κ3) is 3.75. The number of Topliss-reactive ketones (excluding diaryl/α,β-unsaturated/α-hetero) is 1. The summed E-state index contributed by atoms with van der Waals surface area (Å²) in [6.07, 6.45) is 0. The van der Waals surface area contributed by atoms with Gasteiger partial charge < -0.3 is 20.1 Å². The van der Waals surface area contributed by atoms with Crippen LogP contribution < -0.4 is 20.1 Å². The monoisotopic (exact) mass is 376 g/mol. The number of nitrogens with one attached hydrogen (secondary N) is 2. The van der Waals surface area contributed by atoms with Gasteiger partial charge in [0.15, 0.2) is 28.8 Å². The Balaban J connectivity index is 1.43. The maximum Gasteiger partial charge on any atom is 0.276 e. The Morgan fingerprint density at radius 3 is 2.57 bits per heavy atom. The third-order valence-electron chi connectivity index (χ3n) is 4.07. The average Bonchev–Trinajstić information content (AvgIpc) is 3.16. The van der Waals surface area contributed by atoms with Crippen molar-refractivity contribution in [3.63, 3.8) is 0 Å². The minimum absolute atomic E-state index is 0.0229. The van der Waals surface area contributed by atoms with Gasteiger partial charge in [-0.25, -0.2) is 0 Å². The number of amides is 1. The number of anilines is 3. The SMILES string of the molecule is CC(=O)c1cccc(Nc2ccc(C(=O)Nc3ccc4c(c3)OCO4)nn2)c1. The van der Waals surface area contributed by atoms with Gasteiger partial charge in [-0.1, -0.05) is 12.1 Å². The molecule has 8 heteroatoms. The van der Waals surface area contributed by atoms with Crippen LogP contribution in [0.5, 0.6) is 11.5 Å². The first kappa shape index (κ1) is 17.5. The van der Waals surface area contributed by atoms with Crippen molar-refractivity contribution in [3.8, 4) is 11.5 Å². The van der Waals surface area contributed by atoms with Gasteiger partial charge in [0, 0.05) is 23.0 Å². The molecule has 0 spiro atoms. The largest absolute Gasteiger partial charge is 0.454 e. The Bertz CT molecular complexity index is 1050. The quantitative estimate of drug-likeness (QED) is 0.658.